The molecule has 20 heavy (non-hydrogen) atoms. The molecule has 0 saturated carbocycles. The van der Waals surface area contributed by atoms with Crippen LogP contribution >= 0.6 is 0 Å². The van der Waals surface area contributed by atoms with Gasteiger partial charge in [0.25, 0.3) is 0 Å². The van der Waals surface area contributed by atoms with Crippen LogP contribution in [0.2, 0.25) is 0 Å². The lowest BCUT2D eigenvalue weighted by molar-refractivity contribution is -0.180. The van der Waals surface area contributed by atoms with Crippen LogP contribution in [0.15, 0.2) is 43.1 Å². The molecule has 0 N–H and O–H groups in total. The zero-order valence-electron chi connectivity index (χ0n) is 11.2. The van der Waals surface area contributed by atoms with Crippen LogP contribution in [0, 0.1) is 0 Å². The molecule has 0 amide bonds. The molecule has 1 aliphatic rings. The van der Waals surface area contributed by atoms with Gasteiger partial charge in [-0.3, -0.25) is 4.79 Å². The lowest BCUT2D eigenvalue weighted by atomic mass is 10.1. The molecule has 0 aliphatic carbocycles. The summed E-state index contributed by atoms with van der Waals surface area (Å²) in [5.41, 5.74) is 2.25. The van der Waals surface area contributed by atoms with Gasteiger partial charge in [-0.15, -0.1) is 0 Å². The van der Waals surface area contributed by atoms with E-state index in [-0.39, 0.29) is 18.2 Å². The van der Waals surface area contributed by atoms with Crippen molar-refractivity contribution < 1.29 is 14.4 Å². The van der Waals surface area contributed by atoms with Crippen LogP contribution in [0.3, 0.4) is 0 Å². The molecule has 0 aromatic heterocycles. The highest BCUT2D eigenvalue weighted by atomic mass is 16.7. The average Bonchev–Trinajstić information content (AvgIpc) is 2.47. The molecule has 0 fully saturated rings. The molecule has 0 atom stereocenters. The van der Waals surface area contributed by atoms with Crippen LogP contribution in [-0.2, 0) is 21.0 Å². The predicted molar refractivity (Wildman–Crippen MR) is 76.2 cm³/mol. The van der Waals surface area contributed by atoms with E-state index >= 15 is 0 Å². The van der Waals surface area contributed by atoms with Crippen LogP contribution < -0.4 is 0 Å². The van der Waals surface area contributed by atoms with Gasteiger partial charge in [0.1, 0.15) is 0 Å². The van der Waals surface area contributed by atoms with Gasteiger partial charge in [-0.1, -0.05) is 30.8 Å². The molecule has 1 aromatic carbocycles. The number of benzene rings is 1. The van der Waals surface area contributed by atoms with Crippen LogP contribution in [0.25, 0.3) is 6.08 Å². The van der Waals surface area contributed by atoms with Crippen LogP contribution in [0.4, 0.5) is 0 Å². The molecule has 104 valence electrons. The molecular formula is C16H17NO3. The van der Waals surface area contributed by atoms with Crippen LogP contribution in [-0.4, -0.2) is 16.8 Å². The third-order valence-electron chi connectivity index (χ3n) is 3.05. The molecular weight excluding hydrogens is 254 g/mol. The minimum atomic E-state index is -0.328. The fourth-order valence-corrected chi connectivity index (χ4v) is 1.97. The molecule has 2 rings (SSSR count). The molecule has 1 aromatic rings. The fourth-order valence-electron chi connectivity index (χ4n) is 1.97. The Kier molecular flexibility index (Phi) is 4.71. The van der Waals surface area contributed by atoms with Crippen LogP contribution in [0.5, 0.6) is 0 Å². The highest BCUT2D eigenvalue weighted by molar-refractivity contribution is 5.89. The molecule has 1 aliphatic heterocycles. The summed E-state index contributed by atoms with van der Waals surface area (Å²) in [5, 5.41) is 1.51. The van der Waals surface area contributed by atoms with E-state index in [9.17, 15) is 9.59 Å². The van der Waals surface area contributed by atoms with Gasteiger partial charge >= 0.3 is 5.97 Å². The molecule has 0 spiro atoms. The van der Waals surface area contributed by atoms with Gasteiger partial charge in [0.15, 0.2) is 5.78 Å². The Labute approximate surface area is 118 Å². The maximum atomic E-state index is 11.7. The number of rotatable bonds is 6. The minimum absolute atomic E-state index is 0.0513. The van der Waals surface area contributed by atoms with Gasteiger partial charge in [0.2, 0.25) is 0 Å². The second kappa shape index (κ2) is 6.70. The Bertz CT molecular complexity index is 548. The molecule has 1 heterocycles. The molecule has 0 unspecified atom stereocenters. The Morgan fingerprint density at radius 2 is 2.10 bits per heavy atom. The number of allylic oxidation sites excluding steroid dienone is 1. The van der Waals surface area contributed by atoms with Gasteiger partial charge < -0.3 is 4.84 Å². The van der Waals surface area contributed by atoms with Crippen molar-refractivity contribution in [3.05, 3.63) is 54.2 Å². The number of carbonyl (C=O) groups excluding carboxylic acids is 2. The van der Waals surface area contributed by atoms with Crippen molar-refractivity contribution in [3.8, 4) is 0 Å². The van der Waals surface area contributed by atoms with Crippen molar-refractivity contribution in [1.29, 1.82) is 0 Å². The number of nitrogens with zero attached hydrogens (tertiary/aromatic N) is 1. The topological polar surface area (TPSA) is 46.6 Å². The van der Waals surface area contributed by atoms with Crippen molar-refractivity contribution in [1.82, 2.24) is 5.06 Å². The molecule has 0 saturated heterocycles. The molecule has 4 nitrogen and oxygen atoms in total. The summed E-state index contributed by atoms with van der Waals surface area (Å²) in [6.45, 7) is 3.94. The Morgan fingerprint density at radius 1 is 1.30 bits per heavy atom. The normalized spacial score (nSPS) is 12.7. The van der Waals surface area contributed by atoms with E-state index < -0.39 is 0 Å². The Balaban J connectivity index is 1.79. The maximum absolute atomic E-state index is 11.7. The monoisotopic (exact) mass is 271 g/mol. The standard InChI is InChI=1S/C16H17NO3/c1-2-15(18)8-5-9-16(19)20-17-11-10-13-6-3-4-7-14(13)12-17/h2-4,6-7,10-11H,1,5,8-9,12H2. The predicted octanol–water partition coefficient (Wildman–Crippen LogP) is 2.86. The maximum Gasteiger partial charge on any atom is 0.332 e. The summed E-state index contributed by atoms with van der Waals surface area (Å²) in [6.07, 6.45) is 5.97. The SMILES string of the molecule is C=CC(=O)CCCC(=O)ON1C=Cc2ccccc2C1. The van der Waals surface area contributed by atoms with Crippen molar-refractivity contribution in [2.24, 2.45) is 0 Å². The fraction of sp³-hybridized carbons (Fsp3) is 0.250. The van der Waals surface area contributed by atoms with Gasteiger partial charge in [-0.25, -0.2) is 9.86 Å². The Hall–Kier alpha value is -2.36. The van der Waals surface area contributed by atoms with E-state index in [0.29, 0.717) is 19.4 Å². The summed E-state index contributed by atoms with van der Waals surface area (Å²) in [4.78, 5) is 27.9. The number of hydrogen-bond donors (Lipinski definition) is 0. The molecule has 0 bridgehead atoms. The first-order chi connectivity index (χ1) is 9.69. The summed E-state index contributed by atoms with van der Waals surface area (Å²) in [5.74, 6) is -0.379. The van der Waals surface area contributed by atoms with E-state index in [0.717, 1.165) is 11.1 Å². The zero-order chi connectivity index (χ0) is 14.4. The number of fused-ring (bicyclic) bond motifs is 1. The van der Waals surface area contributed by atoms with Crippen molar-refractivity contribution in [2.45, 2.75) is 25.8 Å². The largest absolute Gasteiger partial charge is 0.341 e. The first kappa shape index (κ1) is 14.1. The van der Waals surface area contributed by atoms with E-state index in [1.807, 2.05) is 30.3 Å². The second-order valence-corrected chi connectivity index (χ2v) is 4.58. The summed E-state index contributed by atoms with van der Waals surface area (Å²) >= 11 is 0. The number of carbonyl (C=O) groups is 2. The minimum Gasteiger partial charge on any atom is -0.341 e. The number of hydrogen-bond acceptors (Lipinski definition) is 4. The van der Waals surface area contributed by atoms with Crippen molar-refractivity contribution >= 4 is 17.8 Å². The number of ketones is 1. The molecule has 4 heteroatoms. The second-order valence-electron chi connectivity index (χ2n) is 4.58. The van der Waals surface area contributed by atoms with Gasteiger partial charge in [-0.05, 0) is 29.7 Å². The van der Waals surface area contributed by atoms with E-state index in [4.69, 9.17) is 4.84 Å². The third-order valence-corrected chi connectivity index (χ3v) is 3.05. The Morgan fingerprint density at radius 3 is 2.90 bits per heavy atom. The van der Waals surface area contributed by atoms with E-state index in [1.54, 1.807) is 6.20 Å². The lowest BCUT2D eigenvalue weighted by Gasteiger charge is -2.23. The average molecular weight is 271 g/mol. The van der Waals surface area contributed by atoms with Crippen molar-refractivity contribution in [3.63, 3.8) is 0 Å². The summed E-state index contributed by atoms with van der Waals surface area (Å²) in [6, 6.07) is 7.95. The van der Waals surface area contributed by atoms with Gasteiger partial charge in [0.05, 0.1) is 6.54 Å². The van der Waals surface area contributed by atoms with Gasteiger partial charge in [0, 0.05) is 19.0 Å². The zero-order valence-corrected chi connectivity index (χ0v) is 11.2. The highest BCUT2D eigenvalue weighted by Gasteiger charge is 2.14. The van der Waals surface area contributed by atoms with Crippen LogP contribution in [0.1, 0.15) is 30.4 Å². The van der Waals surface area contributed by atoms with E-state index in [2.05, 4.69) is 6.58 Å². The molecule has 0 radical (unpaired) electrons. The van der Waals surface area contributed by atoms with Gasteiger partial charge in [-0.2, -0.15) is 0 Å². The first-order valence-electron chi connectivity index (χ1n) is 6.58. The van der Waals surface area contributed by atoms with Crippen molar-refractivity contribution in [2.75, 3.05) is 0 Å². The number of hydroxylamine groups is 2. The summed E-state index contributed by atoms with van der Waals surface area (Å²) < 4.78 is 0. The third kappa shape index (κ3) is 3.82. The smallest absolute Gasteiger partial charge is 0.332 e. The highest BCUT2D eigenvalue weighted by Crippen LogP contribution is 2.19. The quantitative estimate of drug-likeness (QED) is 0.746. The van der Waals surface area contributed by atoms with E-state index in [1.165, 1.54) is 11.1 Å². The first-order valence-corrected chi connectivity index (χ1v) is 6.58. The summed E-state index contributed by atoms with van der Waals surface area (Å²) in [7, 11) is 0. The lowest BCUT2D eigenvalue weighted by Crippen LogP contribution is -2.24.